The van der Waals surface area contributed by atoms with E-state index in [1.807, 2.05) is 24.3 Å². The number of nitrogens with zero attached hydrogens (tertiary/aromatic N) is 3. The minimum absolute atomic E-state index is 0.309. The summed E-state index contributed by atoms with van der Waals surface area (Å²) in [6.07, 6.45) is 9.54. The average molecular weight is 372 g/mol. The molecule has 2 aliphatic rings. The van der Waals surface area contributed by atoms with Gasteiger partial charge in [-0.25, -0.2) is 0 Å². The van der Waals surface area contributed by atoms with Crippen LogP contribution in [0.2, 0.25) is 5.02 Å². The topological polar surface area (TPSA) is 28.5 Å². The maximum Gasteiger partial charge on any atom is 0.248 e. The summed E-state index contributed by atoms with van der Waals surface area (Å²) in [7, 11) is 0. The van der Waals surface area contributed by atoms with E-state index in [9.17, 15) is 4.79 Å². The van der Waals surface area contributed by atoms with Crippen molar-refractivity contribution in [3.63, 3.8) is 0 Å². The van der Waals surface area contributed by atoms with E-state index in [0.717, 1.165) is 56.9 Å². The summed E-state index contributed by atoms with van der Waals surface area (Å²) in [6.45, 7) is 3.30. The smallest absolute Gasteiger partial charge is 0.248 e. The van der Waals surface area contributed by atoms with Crippen LogP contribution in [0.1, 0.15) is 32.1 Å². The zero-order chi connectivity index (χ0) is 18.0. The second-order valence-electron chi connectivity index (χ2n) is 7.44. The van der Waals surface area contributed by atoms with Crippen molar-refractivity contribution in [1.82, 2.24) is 9.47 Å². The Balaban J connectivity index is 1.47. The van der Waals surface area contributed by atoms with Crippen molar-refractivity contribution < 1.29 is 4.79 Å². The highest BCUT2D eigenvalue weighted by atomic mass is 35.5. The lowest BCUT2D eigenvalue weighted by Crippen LogP contribution is -2.57. The van der Waals surface area contributed by atoms with Gasteiger partial charge in [-0.3, -0.25) is 4.79 Å². The van der Waals surface area contributed by atoms with Crippen LogP contribution in [-0.2, 0) is 10.3 Å². The van der Waals surface area contributed by atoms with Crippen molar-refractivity contribution in [3.8, 4) is 0 Å². The van der Waals surface area contributed by atoms with Gasteiger partial charge in [-0.05, 0) is 49.2 Å². The average Bonchev–Trinajstić information content (AvgIpc) is 3.24. The largest absolute Gasteiger partial charge is 0.368 e. The highest BCUT2D eigenvalue weighted by molar-refractivity contribution is 6.30. The first-order valence-corrected chi connectivity index (χ1v) is 10.0. The van der Waals surface area contributed by atoms with Crippen LogP contribution in [0.25, 0.3) is 0 Å². The number of rotatable bonds is 3. The first-order chi connectivity index (χ1) is 12.7. The molecular formula is C21H26ClN3O. The summed E-state index contributed by atoms with van der Waals surface area (Å²) in [5, 5.41) is 0.758. The summed E-state index contributed by atoms with van der Waals surface area (Å²) in [5.41, 5.74) is 0.809. The highest BCUT2D eigenvalue weighted by Crippen LogP contribution is 2.37. The van der Waals surface area contributed by atoms with Gasteiger partial charge < -0.3 is 14.4 Å². The van der Waals surface area contributed by atoms with Gasteiger partial charge >= 0.3 is 0 Å². The Hall–Kier alpha value is -1.94. The second kappa shape index (κ2) is 7.36. The van der Waals surface area contributed by atoms with Gasteiger partial charge in [-0.15, -0.1) is 0 Å². The summed E-state index contributed by atoms with van der Waals surface area (Å²) in [4.78, 5) is 17.9. The predicted molar refractivity (Wildman–Crippen MR) is 106 cm³/mol. The van der Waals surface area contributed by atoms with Crippen LogP contribution in [0.3, 0.4) is 0 Å². The first kappa shape index (κ1) is 17.5. The van der Waals surface area contributed by atoms with E-state index in [0.29, 0.717) is 5.91 Å². The molecule has 0 bridgehead atoms. The van der Waals surface area contributed by atoms with Gasteiger partial charge in [0.25, 0.3) is 0 Å². The Morgan fingerprint density at radius 1 is 0.885 bits per heavy atom. The number of aromatic nitrogens is 1. The molecule has 1 aliphatic carbocycles. The predicted octanol–water partition coefficient (Wildman–Crippen LogP) is 4.15. The van der Waals surface area contributed by atoms with E-state index in [1.165, 1.54) is 12.1 Å². The van der Waals surface area contributed by atoms with Gasteiger partial charge in [-0.1, -0.05) is 30.9 Å². The van der Waals surface area contributed by atoms with Crippen LogP contribution in [0.15, 0.2) is 48.8 Å². The van der Waals surface area contributed by atoms with Crippen molar-refractivity contribution in [3.05, 3.63) is 53.8 Å². The van der Waals surface area contributed by atoms with Crippen LogP contribution >= 0.6 is 11.6 Å². The van der Waals surface area contributed by atoms with E-state index >= 15 is 0 Å². The lowest BCUT2D eigenvalue weighted by Gasteiger charge is -2.44. The summed E-state index contributed by atoms with van der Waals surface area (Å²) >= 11 is 5.99. The fourth-order valence-corrected chi connectivity index (χ4v) is 4.58. The zero-order valence-corrected chi connectivity index (χ0v) is 15.9. The van der Waals surface area contributed by atoms with Crippen molar-refractivity contribution in [1.29, 1.82) is 0 Å². The summed E-state index contributed by atoms with van der Waals surface area (Å²) in [5.74, 6) is 0.309. The lowest BCUT2D eigenvalue weighted by molar-refractivity contribution is -0.143. The maximum atomic E-state index is 13.5. The molecule has 0 spiro atoms. The Morgan fingerprint density at radius 3 is 2.12 bits per heavy atom. The molecule has 4 rings (SSSR count). The fraction of sp³-hybridized carbons (Fsp3) is 0.476. The molecule has 1 amide bonds. The van der Waals surface area contributed by atoms with Gasteiger partial charge in [0.15, 0.2) is 0 Å². The van der Waals surface area contributed by atoms with Gasteiger partial charge in [0, 0.05) is 49.3 Å². The molecule has 1 aliphatic heterocycles. The van der Waals surface area contributed by atoms with E-state index < -0.39 is 0 Å². The van der Waals surface area contributed by atoms with Gasteiger partial charge in [-0.2, -0.15) is 0 Å². The molecule has 1 saturated carbocycles. The molecule has 1 aromatic carbocycles. The Kier molecular flexibility index (Phi) is 4.94. The molecule has 2 fully saturated rings. The van der Waals surface area contributed by atoms with E-state index in [1.54, 1.807) is 0 Å². The number of piperazine rings is 1. The second-order valence-corrected chi connectivity index (χ2v) is 7.87. The molecule has 138 valence electrons. The van der Waals surface area contributed by atoms with Crippen LogP contribution in [-0.4, -0.2) is 41.6 Å². The number of hydrogen-bond acceptors (Lipinski definition) is 2. The fourth-order valence-electron chi connectivity index (χ4n) is 4.45. The van der Waals surface area contributed by atoms with Crippen molar-refractivity contribution in [2.24, 2.45) is 0 Å². The molecule has 4 nitrogen and oxygen atoms in total. The first-order valence-electron chi connectivity index (χ1n) is 9.62. The lowest BCUT2D eigenvalue weighted by atomic mass is 9.80. The van der Waals surface area contributed by atoms with Gasteiger partial charge in [0.1, 0.15) is 5.54 Å². The molecule has 26 heavy (non-hydrogen) atoms. The maximum absolute atomic E-state index is 13.5. The molecule has 0 atom stereocenters. The normalized spacial score (nSPS) is 20.2. The number of carbonyl (C=O) groups is 1. The SMILES string of the molecule is O=C(N1CCN(c2ccc(Cl)cc2)CC1)C1(n2cccc2)CCCCC1. The highest BCUT2D eigenvalue weighted by Gasteiger charge is 2.43. The van der Waals surface area contributed by atoms with Crippen molar-refractivity contribution in [2.45, 2.75) is 37.6 Å². The minimum atomic E-state index is -0.371. The summed E-state index contributed by atoms with van der Waals surface area (Å²) in [6, 6.07) is 12.0. The zero-order valence-electron chi connectivity index (χ0n) is 15.1. The molecule has 0 unspecified atom stereocenters. The van der Waals surface area contributed by atoms with E-state index in [-0.39, 0.29) is 5.54 Å². The third kappa shape index (κ3) is 3.23. The molecule has 2 heterocycles. The minimum Gasteiger partial charge on any atom is -0.368 e. The number of amides is 1. The molecule has 0 N–H and O–H groups in total. The molecule has 5 heteroatoms. The number of hydrogen-bond donors (Lipinski definition) is 0. The van der Waals surface area contributed by atoms with Crippen LogP contribution in [0.4, 0.5) is 5.69 Å². The number of carbonyl (C=O) groups excluding carboxylic acids is 1. The Labute approximate surface area is 160 Å². The Bertz CT molecular complexity index is 727. The van der Waals surface area contributed by atoms with E-state index in [4.69, 9.17) is 11.6 Å². The van der Waals surface area contributed by atoms with Gasteiger partial charge in [0.05, 0.1) is 0 Å². The van der Waals surface area contributed by atoms with Gasteiger partial charge in [0.2, 0.25) is 5.91 Å². The molecule has 1 saturated heterocycles. The van der Waals surface area contributed by atoms with Crippen molar-refractivity contribution in [2.75, 3.05) is 31.1 Å². The molecular weight excluding hydrogens is 346 g/mol. The third-order valence-corrected chi connectivity index (χ3v) is 6.19. The van der Waals surface area contributed by atoms with Crippen LogP contribution < -0.4 is 4.90 Å². The van der Waals surface area contributed by atoms with Crippen LogP contribution in [0.5, 0.6) is 0 Å². The van der Waals surface area contributed by atoms with E-state index in [2.05, 4.69) is 38.9 Å². The number of benzene rings is 1. The van der Waals surface area contributed by atoms with Crippen molar-refractivity contribution >= 4 is 23.2 Å². The third-order valence-electron chi connectivity index (χ3n) is 5.94. The van der Waals surface area contributed by atoms with Crippen LogP contribution in [0, 0.1) is 0 Å². The Morgan fingerprint density at radius 2 is 1.50 bits per heavy atom. The molecule has 0 radical (unpaired) electrons. The number of anilines is 1. The molecule has 1 aromatic heterocycles. The standard InChI is InChI=1S/C21H26ClN3O/c22-18-6-8-19(9-7-18)23-14-16-24(17-15-23)20(26)21(10-2-1-3-11-21)25-12-4-5-13-25/h4-9,12-13H,1-3,10-11,14-17H2. The summed E-state index contributed by atoms with van der Waals surface area (Å²) < 4.78 is 2.17. The monoisotopic (exact) mass is 371 g/mol. The molecule has 2 aromatic rings. The number of halogens is 1. The quantitative estimate of drug-likeness (QED) is 0.810.